The lowest BCUT2D eigenvalue weighted by Gasteiger charge is -2.30. The number of nitrogens with zero attached hydrogens (tertiary/aromatic N) is 4. The zero-order valence-corrected chi connectivity index (χ0v) is 21.8. The summed E-state index contributed by atoms with van der Waals surface area (Å²) < 4.78 is 29.2. The van der Waals surface area contributed by atoms with E-state index in [1.807, 2.05) is 79.8 Å². The SMILES string of the molecule is Cn1nc(-c2ccc(OCc3ccccc3)nc2OCc2ccccc2)c2ccc(F)c(N3CCNCC3)c21. The number of hydrogen-bond donors (Lipinski definition) is 1. The van der Waals surface area contributed by atoms with E-state index in [4.69, 9.17) is 19.6 Å². The molecule has 1 saturated heterocycles. The second-order valence-corrected chi connectivity index (χ2v) is 9.55. The molecule has 6 rings (SSSR count). The normalized spacial score (nSPS) is 13.5. The molecular weight excluding hydrogens is 493 g/mol. The fraction of sp³-hybridized carbons (Fsp3) is 0.226. The third-order valence-corrected chi connectivity index (χ3v) is 6.90. The highest BCUT2D eigenvalue weighted by Crippen LogP contribution is 2.39. The van der Waals surface area contributed by atoms with Gasteiger partial charge in [-0.05, 0) is 29.3 Å². The predicted molar refractivity (Wildman–Crippen MR) is 151 cm³/mol. The van der Waals surface area contributed by atoms with E-state index in [0.717, 1.165) is 53.8 Å². The summed E-state index contributed by atoms with van der Waals surface area (Å²) in [6.07, 6.45) is 0. The third-order valence-electron chi connectivity index (χ3n) is 6.90. The van der Waals surface area contributed by atoms with Gasteiger partial charge in [0, 0.05) is 44.7 Å². The molecule has 0 amide bonds. The molecule has 0 radical (unpaired) electrons. The van der Waals surface area contributed by atoms with Crippen LogP contribution in [0.25, 0.3) is 22.2 Å². The Morgan fingerprint density at radius 3 is 2.18 bits per heavy atom. The first-order valence-electron chi connectivity index (χ1n) is 13.1. The number of ether oxygens (including phenoxy) is 2. The monoisotopic (exact) mass is 523 g/mol. The zero-order valence-electron chi connectivity index (χ0n) is 21.8. The molecule has 1 fully saturated rings. The molecule has 0 aliphatic carbocycles. The van der Waals surface area contributed by atoms with Gasteiger partial charge in [0.15, 0.2) is 0 Å². The molecule has 3 heterocycles. The molecule has 5 aromatic rings. The highest BCUT2D eigenvalue weighted by molar-refractivity contribution is 6.01. The predicted octanol–water partition coefficient (Wildman–Crippen LogP) is 5.34. The number of benzene rings is 3. The van der Waals surface area contributed by atoms with Gasteiger partial charge < -0.3 is 19.7 Å². The molecule has 39 heavy (non-hydrogen) atoms. The molecule has 0 spiro atoms. The van der Waals surface area contributed by atoms with E-state index in [1.54, 1.807) is 10.7 Å². The molecule has 3 aromatic carbocycles. The summed E-state index contributed by atoms with van der Waals surface area (Å²) in [5.41, 5.74) is 4.82. The van der Waals surface area contributed by atoms with Gasteiger partial charge in [0.05, 0.1) is 16.8 Å². The highest BCUT2D eigenvalue weighted by atomic mass is 19.1. The van der Waals surface area contributed by atoms with Crippen molar-refractivity contribution in [2.45, 2.75) is 13.2 Å². The standard InChI is InChI=1S/C31H30FN5O2/c1-36-29-24(12-14-26(32)30(29)37-18-16-33-17-19-37)28(35-36)25-13-15-27(38-20-22-8-4-2-5-9-22)34-31(25)39-21-23-10-6-3-7-11-23/h2-15,33H,16-21H2,1H3. The molecule has 7 nitrogen and oxygen atoms in total. The van der Waals surface area contributed by atoms with Gasteiger partial charge in [-0.1, -0.05) is 60.7 Å². The van der Waals surface area contributed by atoms with Crippen molar-refractivity contribution < 1.29 is 13.9 Å². The Balaban J connectivity index is 1.39. The summed E-state index contributed by atoms with van der Waals surface area (Å²) in [7, 11) is 1.85. The molecule has 1 aliphatic rings. The van der Waals surface area contributed by atoms with E-state index in [1.165, 1.54) is 6.07 Å². The third kappa shape index (κ3) is 5.28. The summed E-state index contributed by atoms with van der Waals surface area (Å²) in [5, 5.41) is 9.02. The maximum atomic E-state index is 15.2. The minimum Gasteiger partial charge on any atom is -0.473 e. The van der Waals surface area contributed by atoms with Crippen molar-refractivity contribution in [2.75, 3.05) is 31.1 Å². The topological polar surface area (TPSA) is 64.4 Å². The number of halogens is 1. The number of anilines is 1. The van der Waals surface area contributed by atoms with Gasteiger partial charge >= 0.3 is 0 Å². The van der Waals surface area contributed by atoms with E-state index in [2.05, 4.69) is 10.2 Å². The van der Waals surface area contributed by atoms with Gasteiger partial charge in [0.1, 0.15) is 24.7 Å². The average molecular weight is 524 g/mol. The zero-order chi connectivity index (χ0) is 26.6. The largest absolute Gasteiger partial charge is 0.473 e. The van der Waals surface area contributed by atoms with Gasteiger partial charge in [0.25, 0.3) is 0 Å². The Morgan fingerprint density at radius 1 is 0.821 bits per heavy atom. The van der Waals surface area contributed by atoms with Crippen LogP contribution in [0.2, 0.25) is 0 Å². The fourth-order valence-corrected chi connectivity index (χ4v) is 4.97. The summed E-state index contributed by atoms with van der Waals surface area (Å²) in [4.78, 5) is 6.83. The maximum Gasteiger partial charge on any atom is 0.226 e. The van der Waals surface area contributed by atoms with E-state index in [9.17, 15) is 0 Å². The lowest BCUT2D eigenvalue weighted by molar-refractivity contribution is 0.268. The van der Waals surface area contributed by atoms with Crippen molar-refractivity contribution in [3.05, 3.63) is 102 Å². The number of pyridine rings is 1. The van der Waals surface area contributed by atoms with Crippen molar-refractivity contribution in [3.8, 4) is 23.0 Å². The molecule has 2 aromatic heterocycles. The molecule has 0 atom stereocenters. The number of fused-ring (bicyclic) bond motifs is 1. The van der Waals surface area contributed by atoms with Crippen LogP contribution in [0.5, 0.6) is 11.8 Å². The molecule has 198 valence electrons. The number of aromatic nitrogens is 3. The summed E-state index contributed by atoms with van der Waals surface area (Å²) in [6, 6.07) is 27.0. The molecule has 1 N–H and O–H groups in total. The second-order valence-electron chi connectivity index (χ2n) is 9.55. The minimum absolute atomic E-state index is 0.248. The maximum absolute atomic E-state index is 15.2. The first kappa shape index (κ1) is 24.9. The molecule has 0 unspecified atom stereocenters. The minimum atomic E-state index is -0.248. The van der Waals surface area contributed by atoms with Crippen LogP contribution in [0.3, 0.4) is 0 Å². The Labute approximate surface area is 226 Å². The van der Waals surface area contributed by atoms with Crippen LogP contribution >= 0.6 is 0 Å². The smallest absolute Gasteiger partial charge is 0.226 e. The van der Waals surface area contributed by atoms with Gasteiger partial charge in [-0.15, -0.1) is 0 Å². The van der Waals surface area contributed by atoms with Crippen LogP contribution in [0.1, 0.15) is 11.1 Å². The van der Waals surface area contributed by atoms with Crippen LogP contribution in [0, 0.1) is 5.82 Å². The van der Waals surface area contributed by atoms with Gasteiger partial charge in [-0.2, -0.15) is 10.1 Å². The molecular formula is C31H30FN5O2. The van der Waals surface area contributed by atoms with Crippen molar-refractivity contribution in [3.63, 3.8) is 0 Å². The van der Waals surface area contributed by atoms with Crippen LogP contribution in [0.4, 0.5) is 10.1 Å². The average Bonchev–Trinajstić information content (AvgIpc) is 3.32. The summed E-state index contributed by atoms with van der Waals surface area (Å²) in [6.45, 7) is 3.83. The van der Waals surface area contributed by atoms with Crippen LogP contribution in [0.15, 0.2) is 84.9 Å². The van der Waals surface area contributed by atoms with Crippen molar-refractivity contribution in [1.82, 2.24) is 20.1 Å². The van der Waals surface area contributed by atoms with E-state index in [-0.39, 0.29) is 5.82 Å². The van der Waals surface area contributed by atoms with Gasteiger partial charge in [-0.3, -0.25) is 4.68 Å². The lowest BCUT2D eigenvalue weighted by Crippen LogP contribution is -2.44. The van der Waals surface area contributed by atoms with Crippen molar-refractivity contribution >= 4 is 16.6 Å². The Kier molecular flexibility index (Phi) is 7.10. The summed E-state index contributed by atoms with van der Waals surface area (Å²) in [5.74, 6) is 0.623. The molecule has 1 aliphatic heterocycles. The summed E-state index contributed by atoms with van der Waals surface area (Å²) >= 11 is 0. The Bertz CT molecular complexity index is 1570. The number of aryl methyl sites for hydroxylation is 1. The van der Waals surface area contributed by atoms with E-state index in [0.29, 0.717) is 36.4 Å². The van der Waals surface area contributed by atoms with Crippen molar-refractivity contribution in [2.24, 2.45) is 7.05 Å². The van der Waals surface area contributed by atoms with Crippen LogP contribution in [-0.2, 0) is 20.3 Å². The van der Waals surface area contributed by atoms with E-state index < -0.39 is 0 Å². The second kappa shape index (κ2) is 11.1. The van der Waals surface area contributed by atoms with Gasteiger partial charge in [-0.25, -0.2) is 4.39 Å². The molecule has 0 saturated carbocycles. The van der Waals surface area contributed by atoms with Gasteiger partial charge in [0.2, 0.25) is 11.8 Å². The first-order valence-corrected chi connectivity index (χ1v) is 13.1. The number of piperazine rings is 1. The Hall–Kier alpha value is -4.43. The number of nitrogens with one attached hydrogen (secondary N) is 1. The Morgan fingerprint density at radius 2 is 1.49 bits per heavy atom. The fourth-order valence-electron chi connectivity index (χ4n) is 4.97. The number of rotatable bonds is 8. The number of hydrogen-bond acceptors (Lipinski definition) is 6. The molecule has 0 bridgehead atoms. The van der Waals surface area contributed by atoms with Crippen LogP contribution < -0.4 is 19.7 Å². The quantitative estimate of drug-likeness (QED) is 0.296. The van der Waals surface area contributed by atoms with E-state index >= 15 is 4.39 Å². The van der Waals surface area contributed by atoms with Crippen LogP contribution in [-0.4, -0.2) is 40.9 Å². The molecule has 8 heteroatoms. The highest BCUT2D eigenvalue weighted by Gasteiger charge is 2.24. The lowest BCUT2D eigenvalue weighted by atomic mass is 10.1. The van der Waals surface area contributed by atoms with Crippen molar-refractivity contribution in [1.29, 1.82) is 0 Å². The first-order chi connectivity index (χ1) is 19.2.